The Morgan fingerprint density at radius 2 is 1.84 bits per heavy atom. The molecule has 1 aromatic rings. The minimum atomic E-state index is -0.185. The molecule has 0 aliphatic carbocycles. The number of carbonyl (C=O) groups excluding carboxylic acids is 2. The van der Waals surface area contributed by atoms with Crippen molar-refractivity contribution in [2.45, 2.75) is 75.4 Å². The molecular formula is C26H35N3O3. The van der Waals surface area contributed by atoms with Crippen molar-refractivity contribution in [3.8, 4) is 12.3 Å². The van der Waals surface area contributed by atoms with Crippen molar-refractivity contribution in [2.75, 3.05) is 31.1 Å². The summed E-state index contributed by atoms with van der Waals surface area (Å²) in [5, 5.41) is 0. The fourth-order valence-electron chi connectivity index (χ4n) is 6.67. The van der Waals surface area contributed by atoms with Crippen LogP contribution in [0.2, 0.25) is 0 Å². The monoisotopic (exact) mass is 437 g/mol. The summed E-state index contributed by atoms with van der Waals surface area (Å²) in [6.07, 6.45) is 11.9. The number of hydrogen-bond acceptors (Lipinski definition) is 4. The third-order valence-electron chi connectivity index (χ3n) is 8.27. The summed E-state index contributed by atoms with van der Waals surface area (Å²) in [7, 11) is 0. The molecule has 0 N–H and O–H groups in total. The van der Waals surface area contributed by atoms with Gasteiger partial charge in [-0.1, -0.05) is 18.2 Å². The van der Waals surface area contributed by atoms with E-state index < -0.39 is 0 Å². The number of benzene rings is 1. The molecule has 4 aliphatic rings. The smallest absolute Gasteiger partial charge is 0.410 e. The van der Waals surface area contributed by atoms with E-state index in [1.807, 2.05) is 15.9 Å². The molecule has 2 bridgehead atoms. The lowest BCUT2D eigenvalue weighted by molar-refractivity contribution is -0.116. The summed E-state index contributed by atoms with van der Waals surface area (Å²) >= 11 is 0. The second-order valence-corrected chi connectivity index (χ2v) is 9.92. The predicted octanol–water partition coefficient (Wildman–Crippen LogP) is 3.79. The third kappa shape index (κ3) is 3.57. The van der Waals surface area contributed by atoms with Gasteiger partial charge in [0.15, 0.2) is 0 Å². The van der Waals surface area contributed by atoms with E-state index in [0.29, 0.717) is 19.1 Å². The molecule has 2 unspecified atom stereocenters. The quantitative estimate of drug-likeness (QED) is 0.533. The molecule has 0 radical (unpaired) electrons. The van der Waals surface area contributed by atoms with Gasteiger partial charge in [-0.25, -0.2) is 4.79 Å². The summed E-state index contributed by atoms with van der Waals surface area (Å²) in [6, 6.07) is 9.55. The van der Waals surface area contributed by atoms with E-state index in [4.69, 9.17) is 11.2 Å². The van der Waals surface area contributed by atoms with Crippen LogP contribution in [0.25, 0.3) is 0 Å². The van der Waals surface area contributed by atoms with Crippen molar-refractivity contribution in [3.05, 3.63) is 29.8 Å². The first-order valence-corrected chi connectivity index (χ1v) is 12.0. The Balaban J connectivity index is 0.00000259. The maximum atomic E-state index is 12.6. The SMILES string of the molecule is C#CCCOC(=O)N1C2CCC1CC(N1CCC3(CC1)CN(C(C)=O)c1ccccc13)C2.[HH]. The molecule has 3 saturated heterocycles. The lowest BCUT2D eigenvalue weighted by Crippen LogP contribution is -2.55. The average molecular weight is 438 g/mol. The number of terminal acetylenes is 1. The minimum Gasteiger partial charge on any atom is -0.448 e. The first-order valence-electron chi connectivity index (χ1n) is 12.0. The number of para-hydroxylation sites is 1. The van der Waals surface area contributed by atoms with Crippen LogP contribution in [0, 0.1) is 12.3 Å². The zero-order chi connectivity index (χ0) is 22.3. The first-order chi connectivity index (χ1) is 15.5. The van der Waals surface area contributed by atoms with Gasteiger partial charge in [-0.2, -0.15) is 0 Å². The van der Waals surface area contributed by atoms with Crippen molar-refractivity contribution in [3.63, 3.8) is 0 Å². The molecule has 3 fully saturated rings. The molecule has 2 amide bonds. The van der Waals surface area contributed by atoms with E-state index in [2.05, 4.69) is 29.0 Å². The summed E-state index contributed by atoms with van der Waals surface area (Å²) in [5.74, 6) is 2.66. The van der Waals surface area contributed by atoms with E-state index in [-0.39, 0.29) is 30.9 Å². The van der Waals surface area contributed by atoms with Crippen LogP contribution >= 0.6 is 0 Å². The second-order valence-electron chi connectivity index (χ2n) is 9.92. The van der Waals surface area contributed by atoms with Crippen molar-refractivity contribution < 1.29 is 15.8 Å². The Morgan fingerprint density at radius 3 is 2.50 bits per heavy atom. The third-order valence-corrected chi connectivity index (χ3v) is 8.27. The molecule has 172 valence electrons. The van der Waals surface area contributed by atoms with Crippen LogP contribution in [0.3, 0.4) is 0 Å². The Kier molecular flexibility index (Phi) is 5.63. The molecule has 4 aliphatic heterocycles. The van der Waals surface area contributed by atoms with E-state index in [9.17, 15) is 9.59 Å². The minimum absolute atomic E-state index is 0. The van der Waals surface area contributed by atoms with Crippen LogP contribution in [0.4, 0.5) is 10.5 Å². The molecule has 0 saturated carbocycles. The molecule has 6 heteroatoms. The average Bonchev–Trinajstić information content (AvgIpc) is 3.26. The van der Waals surface area contributed by atoms with Gasteiger partial charge in [0, 0.05) is 50.5 Å². The summed E-state index contributed by atoms with van der Waals surface area (Å²) in [5.41, 5.74) is 2.53. The number of nitrogens with zero attached hydrogens (tertiary/aromatic N) is 3. The van der Waals surface area contributed by atoms with E-state index >= 15 is 0 Å². The van der Waals surface area contributed by atoms with E-state index in [0.717, 1.165) is 63.8 Å². The molecule has 6 nitrogen and oxygen atoms in total. The normalized spacial score (nSPS) is 28.4. The number of ether oxygens (including phenoxy) is 1. The van der Waals surface area contributed by atoms with Crippen molar-refractivity contribution in [2.24, 2.45) is 0 Å². The number of hydrogen-bond donors (Lipinski definition) is 0. The lowest BCUT2D eigenvalue weighted by atomic mass is 9.73. The maximum absolute atomic E-state index is 12.6. The first kappa shape index (κ1) is 21.3. The highest BCUT2D eigenvalue weighted by molar-refractivity contribution is 5.94. The van der Waals surface area contributed by atoms with Gasteiger partial charge in [-0.3, -0.25) is 4.79 Å². The molecule has 4 heterocycles. The maximum Gasteiger partial charge on any atom is 0.410 e. The van der Waals surface area contributed by atoms with Crippen molar-refractivity contribution in [1.82, 2.24) is 9.80 Å². The molecular weight excluding hydrogens is 402 g/mol. The van der Waals surface area contributed by atoms with Gasteiger partial charge in [0.1, 0.15) is 6.61 Å². The van der Waals surface area contributed by atoms with Gasteiger partial charge in [0.25, 0.3) is 0 Å². The Hall–Kier alpha value is -2.52. The number of rotatable bonds is 3. The van der Waals surface area contributed by atoms with Gasteiger partial charge in [0.2, 0.25) is 5.91 Å². The Morgan fingerprint density at radius 1 is 1.16 bits per heavy atom. The Bertz CT molecular complexity index is 923. The number of carbonyl (C=O) groups is 2. The van der Waals surface area contributed by atoms with Crippen LogP contribution in [0.5, 0.6) is 0 Å². The topological polar surface area (TPSA) is 53.1 Å². The summed E-state index contributed by atoms with van der Waals surface area (Å²) in [6.45, 7) is 4.89. The van der Waals surface area contributed by atoms with Crippen molar-refractivity contribution >= 4 is 17.7 Å². The predicted molar refractivity (Wildman–Crippen MR) is 126 cm³/mol. The largest absolute Gasteiger partial charge is 0.448 e. The van der Waals surface area contributed by atoms with Crippen LogP contribution in [-0.2, 0) is 14.9 Å². The van der Waals surface area contributed by atoms with E-state index in [1.165, 1.54) is 5.56 Å². The molecule has 2 atom stereocenters. The van der Waals surface area contributed by atoms with E-state index in [1.54, 1.807) is 6.92 Å². The van der Waals surface area contributed by atoms with Crippen LogP contribution in [-0.4, -0.2) is 66.2 Å². The van der Waals surface area contributed by atoms with Crippen molar-refractivity contribution in [1.29, 1.82) is 0 Å². The zero-order valence-electron chi connectivity index (χ0n) is 19.0. The molecule has 5 rings (SSSR count). The molecule has 32 heavy (non-hydrogen) atoms. The number of likely N-dealkylation sites (tertiary alicyclic amines) is 1. The molecule has 1 spiro atoms. The second kappa shape index (κ2) is 8.44. The molecule has 1 aromatic carbocycles. The number of anilines is 1. The number of amides is 2. The zero-order valence-corrected chi connectivity index (χ0v) is 19.0. The fourth-order valence-corrected chi connectivity index (χ4v) is 6.67. The fraction of sp³-hybridized carbons (Fsp3) is 0.615. The van der Waals surface area contributed by atoms with Crippen LogP contribution < -0.4 is 4.90 Å². The van der Waals surface area contributed by atoms with Gasteiger partial charge in [0.05, 0.1) is 0 Å². The Labute approximate surface area is 192 Å². The van der Waals surface area contributed by atoms with Gasteiger partial charge in [-0.05, 0) is 63.2 Å². The highest BCUT2D eigenvalue weighted by atomic mass is 16.6. The van der Waals surface area contributed by atoms with Gasteiger partial charge in [-0.15, -0.1) is 12.3 Å². The summed E-state index contributed by atoms with van der Waals surface area (Å²) in [4.78, 5) is 31.4. The van der Waals surface area contributed by atoms with Gasteiger partial charge >= 0.3 is 6.09 Å². The standard InChI is InChI=1S/C26H33N3O3.H2/c1-3-4-15-32-25(31)29-20-9-10-21(29)17-22(16-20)27-13-11-26(12-14-27)18-28(19(2)30)24-8-6-5-7-23(24)26;/h1,5-8,20-22H,4,9-18H2,2H3;1H. The highest BCUT2D eigenvalue weighted by Crippen LogP contribution is 2.48. The summed E-state index contributed by atoms with van der Waals surface area (Å²) < 4.78 is 5.41. The number of piperidine rings is 2. The lowest BCUT2D eigenvalue weighted by Gasteiger charge is -2.47. The highest BCUT2D eigenvalue weighted by Gasteiger charge is 2.49. The van der Waals surface area contributed by atoms with Crippen LogP contribution in [0.15, 0.2) is 24.3 Å². The number of fused-ring (bicyclic) bond motifs is 4. The van der Waals surface area contributed by atoms with Gasteiger partial charge < -0.3 is 19.4 Å². The molecule has 0 aromatic heterocycles. The van der Waals surface area contributed by atoms with Crippen LogP contribution in [0.1, 0.15) is 58.9 Å².